The van der Waals surface area contributed by atoms with Crippen molar-refractivity contribution in [3.8, 4) is 0 Å². The van der Waals surface area contributed by atoms with Gasteiger partial charge in [0.15, 0.2) is 6.10 Å². The van der Waals surface area contributed by atoms with Crippen molar-refractivity contribution in [3.05, 3.63) is 35.8 Å². The van der Waals surface area contributed by atoms with Crippen LogP contribution in [0, 0.1) is 12.8 Å². The Morgan fingerprint density at radius 2 is 2.22 bits per heavy atom. The van der Waals surface area contributed by atoms with Gasteiger partial charge in [-0.3, -0.25) is 4.90 Å². The Balaban J connectivity index is 1.61. The van der Waals surface area contributed by atoms with Crippen LogP contribution in [-0.4, -0.2) is 51.7 Å². The third-order valence-electron chi connectivity index (χ3n) is 4.65. The second kappa shape index (κ2) is 6.68. The van der Waals surface area contributed by atoms with Crippen LogP contribution >= 0.6 is 0 Å². The number of ether oxygens (including phenoxy) is 1. The van der Waals surface area contributed by atoms with Gasteiger partial charge >= 0.3 is 5.97 Å². The lowest BCUT2D eigenvalue weighted by molar-refractivity contribution is -0.154. The van der Waals surface area contributed by atoms with Gasteiger partial charge in [0.25, 0.3) is 0 Å². The highest BCUT2D eigenvalue weighted by Gasteiger charge is 2.30. The van der Waals surface area contributed by atoms with Gasteiger partial charge in [0.1, 0.15) is 5.65 Å². The number of hydrogen-bond acceptors (Lipinski definition) is 5. The zero-order chi connectivity index (χ0) is 16.4. The average Bonchev–Trinajstić information content (AvgIpc) is 2.96. The Hall–Kier alpha value is -1.92. The lowest BCUT2D eigenvalue weighted by Gasteiger charge is -2.33. The normalized spacial score (nSPS) is 18.2. The molecular weight excluding hydrogens is 294 g/mol. The molecule has 1 aliphatic rings. The molecule has 6 nitrogen and oxygen atoms in total. The Bertz CT molecular complexity index is 689. The first kappa shape index (κ1) is 16.0. The molecule has 0 aromatic carbocycles. The van der Waals surface area contributed by atoms with Gasteiger partial charge in [0, 0.05) is 12.7 Å². The van der Waals surface area contributed by atoms with E-state index in [1.54, 1.807) is 0 Å². The summed E-state index contributed by atoms with van der Waals surface area (Å²) in [6.45, 7) is 4.60. The predicted octanol–water partition coefficient (Wildman–Crippen LogP) is 1.39. The Morgan fingerprint density at radius 3 is 2.91 bits per heavy atom. The van der Waals surface area contributed by atoms with Gasteiger partial charge in [-0.2, -0.15) is 0 Å². The molecule has 2 aromatic heterocycles. The molecule has 3 heterocycles. The fourth-order valence-corrected chi connectivity index (χ4v) is 3.22. The number of nitrogens with zero attached hydrogens (tertiary/aromatic N) is 3. The van der Waals surface area contributed by atoms with Gasteiger partial charge < -0.3 is 14.2 Å². The van der Waals surface area contributed by atoms with Crippen molar-refractivity contribution in [1.82, 2.24) is 14.3 Å². The third kappa shape index (κ3) is 3.38. The molecule has 0 amide bonds. The minimum Gasteiger partial charge on any atom is -0.467 e. The van der Waals surface area contributed by atoms with E-state index in [0.717, 1.165) is 43.8 Å². The summed E-state index contributed by atoms with van der Waals surface area (Å²) in [5, 5.41) is 9.95. The number of piperidine rings is 1. The number of aromatic nitrogens is 2. The number of aliphatic hydroxyl groups is 1. The molecule has 3 rings (SSSR count). The molecule has 6 heteroatoms. The summed E-state index contributed by atoms with van der Waals surface area (Å²) in [6.07, 6.45) is 4.57. The number of esters is 1. The molecule has 1 saturated heterocycles. The summed E-state index contributed by atoms with van der Waals surface area (Å²) in [5.41, 5.74) is 3.33. The van der Waals surface area contributed by atoms with E-state index in [0.29, 0.717) is 0 Å². The fraction of sp³-hybridized carbons (Fsp3) is 0.529. The number of pyridine rings is 1. The maximum absolute atomic E-state index is 11.4. The van der Waals surface area contributed by atoms with Crippen LogP contribution in [0.2, 0.25) is 0 Å². The molecule has 1 atom stereocenters. The zero-order valence-electron chi connectivity index (χ0n) is 13.6. The summed E-state index contributed by atoms with van der Waals surface area (Å²) in [6, 6.07) is 4.15. The number of hydrogen-bond donors (Lipinski definition) is 1. The highest BCUT2D eigenvalue weighted by Crippen LogP contribution is 2.23. The highest BCUT2D eigenvalue weighted by molar-refractivity contribution is 5.74. The number of fused-ring (bicyclic) bond motifs is 1. The lowest BCUT2D eigenvalue weighted by Crippen LogP contribution is -2.40. The molecule has 23 heavy (non-hydrogen) atoms. The summed E-state index contributed by atoms with van der Waals surface area (Å²) in [4.78, 5) is 18.2. The first-order chi connectivity index (χ1) is 11.1. The number of rotatable bonds is 4. The van der Waals surface area contributed by atoms with E-state index in [-0.39, 0.29) is 5.92 Å². The Kier molecular flexibility index (Phi) is 4.63. The number of methoxy groups -OCH3 is 1. The van der Waals surface area contributed by atoms with Crippen molar-refractivity contribution < 1.29 is 14.6 Å². The number of carbonyl (C=O) groups excluding carboxylic acids is 1. The van der Waals surface area contributed by atoms with Crippen LogP contribution in [0.15, 0.2) is 24.5 Å². The van der Waals surface area contributed by atoms with E-state index in [4.69, 9.17) is 0 Å². The molecule has 124 valence electrons. The van der Waals surface area contributed by atoms with E-state index in [9.17, 15) is 9.90 Å². The van der Waals surface area contributed by atoms with Crippen LogP contribution in [0.1, 0.15) is 24.1 Å². The molecular formula is C17H23N3O3. The molecule has 0 saturated carbocycles. The van der Waals surface area contributed by atoms with Gasteiger partial charge in [-0.05, 0) is 56.5 Å². The maximum Gasteiger partial charge on any atom is 0.334 e. The van der Waals surface area contributed by atoms with E-state index in [1.807, 2.05) is 6.20 Å². The van der Waals surface area contributed by atoms with Crippen LogP contribution < -0.4 is 0 Å². The molecule has 0 spiro atoms. The third-order valence-corrected chi connectivity index (χ3v) is 4.65. The summed E-state index contributed by atoms with van der Waals surface area (Å²) in [7, 11) is 1.31. The standard InChI is InChI=1S/C17H23N3O3/c1-12-3-8-20-14(10-18-15(20)9-12)11-19-6-4-13(5-7-19)16(21)17(22)23-2/h3,8-10,13,16,21H,4-7,11H2,1-2H3. The summed E-state index contributed by atoms with van der Waals surface area (Å²) < 4.78 is 6.73. The molecule has 1 aliphatic heterocycles. The molecule has 1 unspecified atom stereocenters. The van der Waals surface area contributed by atoms with Crippen molar-refractivity contribution >= 4 is 11.6 Å². The van der Waals surface area contributed by atoms with Crippen molar-refractivity contribution in [2.24, 2.45) is 5.92 Å². The molecule has 0 bridgehead atoms. The van der Waals surface area contributed by atoms with Crippen molar-refractivity contribution in [2.75, 3.05) is 20.2 Å². The largest absolute Gasteiger partial charge is 0.467 e. The van der Waals surface area contributed by atoms with Crippen LogP contribution in [0.5, 0.6) is 0 Å². The first-order valence-electron chi connectivity index (χ1n) is 7.99. The van der Waals surface area contributed by atoms with Crippen LogP contribution in [0.3, 0.4) is 0 Å². The number of imidazole rings is 1. The van der Waals surface area contributed by atoms with Crippen LogP contribution in [0.25, 0.3) is 5.65 Å². The zero-order valence-corrected chi connectivity index (χ0v) is 13.6. The number of likely N-dealkylation sites (tertiary alicyclic amines) is 1. The van der Waals surface area contributed by atoms with Gasteiger partial charge in [0.05, 0.1) is 19.0 Å². The van der Waals surface area contributed by atoms with Crippen LogP contribution in [-0.2, 0) is 16.1 Å². The maximum atomic E-state index is 11.4. The van der Waals surface area contributed by atoms with Gasteiger partial charge in [0.2, 0.25) is 0 Å². The Labute approximate surface area is 135 Å². The average molecular weight is 317 g/mol. The number of aryl methyl sites for hydroxylation is 1. The van der Waals surface area contributed by atoms with Crippen molar-refractivity contribution in [1.29, 1.82) is 0 Å². The predicted molar refractivity (Wildman–Crippen MR) is 86.0 cm³/mol. The molecule has 0 aliphatic carbocycles. The van der Waals surface area contributed by atoms with Gasteiger partial charge in [-0.1, -0.05) is 0 Å². The van der Waals surface area contributed by atoms with E-state index >= 15 is 0 Å². The summed E-state index contributed by atoms with van der Waals surface area (Å²) in [5.74, 6) is -0.538. The van der Waals surface area contributed by atoms with E-state index in [2.05, 4.69) is 44.3 Å². The second-order valence-corrected chi connectivity index (χ2v) is 6.26. The second-order valence-electron chi connectivity index (χ2n) is 6.26. The fourth-order valence-electron chi connectivity index (χ4n) is 3.22. The SMILES string of the molecule is COC(=O)C(O)C1CCN(Cc2cnc3cc(C)ccn23)CC1. The molecule has 1 N–H and O–H groups in total. The first-order valence-corrected chi connectivity index (χ1v) is 7.99. The quantitative estimate of drug-likeness (QED) is 0.863. The van der Waals surface area contributed by atoms with Crippen molar-refractivity contribution in [3.63, 3.8) is 0 Å². The molecule has 1 fully saturated rings. The van der Waals surface area contributed by atoms with Gasteiger partial charge in [-0.25, -0.2) is 9.78 Å². The highest BCUT2D eigenvalue weighted by atomic mass is 16.5. The molecule has 0 radical (unpaired) electrons. The van der Waals surface area contributed by atoms with E-state index in [1.165, 1.54) is 12.7 Å². The number of aliphatic hydroxyl groups excluding tert-OH is 1. The lowest BCUT2D eigenvalue weighted by atomic mass is 9.91. The topological polar surface area (TPSA) is 67.1 Å². The smallest absolute Gasteiger partial charge is 0.334 e. The Morgan fingerprint density at radius 1 is 1.48 bits per heavy atom. The van der Waals surface area contributed by atoms with Gasteiger partial charge in [-0.15, -0.1) is 0 Å². The monoisotopic (exact) mass is 317 g/mol. The number of carbonyl (C=O) groups is 1. The minimum absolute atomic E-state index is 0.0106. The van der Waals surface area contributed by atoms with Crippen LogP contribution in [0.4, 0.5) is 0 Å². The summed E-state index contributed by atoms with van der Waals surface area (Å²) >= 11 is 0. The van der Waals surface area contributed by atoms with Crippen molar-refractivity contribution in [2.45, 2.75) is 32.4 Å². The van der Waals surface area contributed by atoms with E-state index < -0.39 is 12.1 Å². The molecule has 2 aromatic rings. The minimum atomic E-state index is -0.999.